The summed E-state index contributed by atoms with van der Waals surface area (Å²) in [6.07, 6.45) is 0.365. The zero-order valence-corrected chi connectivity index (χ0v) is 15.2. The van der Waals surface area contributed by atoms with Crippen LogP contribution >= 0.6 is 0 Å². The van der Waals surface area contributed by atoms with Gasteiger partial charge in [0.05, 0.1) is 11.8 Å². The second-order valence-electron chi connectivity index (χ2n) is 6.67. The highest BCUT2D eigenvalue weighted by molar-refractivity contribution is 5.77. The van der Waals surface area contributed by atoms with E-state index in [4.69, 9.17) is 10.6 Å². The smallest absolute Gasteiger partial charge is 0.258 e. The second-order valence-corrected chi connectivity index (χ2v) is 6.67. The number of nitrogens with two attached hydrogens (primary N) is 1. The molecule has 0 fully saturated rings. The van der Waals surface area contributed by atoms with Gasteiger partial charge in [-0.15, -0.1) is 0 Å². The number of nitrogens with one attached hydrogen (secondary N) is 2. The number of anilines is 1. The third kappa shape index (κ3) is 5.68. The molecular weight excluding hydrogens is 344 g/mol. The number of carbonyl (C=O) groups is 1. The zero-order chi connectivity index (χ0) is 19.1. The third-order valence-corrected chi connectivity index (χ3v) is 4.58. The Morgan fingerprint density at radius 2 is 2.04 bits per heavy atom. The highest BCUT2D eigenvalue weighted by atomic mass is 16.5. The molecule has 0 saturated heterocycles. The maximum Gasteiger partial charge on any atom is 0.258 e. The summed E-state index contributed by atoms with van der Waals surface area (Å²) in [6.45, 7) is 2.36. The van der Waals surface area contributed by atoms with Crippen molar-refractivity contribution in [3.63, 3.8) is 0 Å². The summed E-state index contributed by atoms with van der Waals surface area (Å²) in [4.78, 5) is 14.1. The molecule has 1 aliphatic heterocycles. The fraction of sp³-hybridized carbons (Fsp3) is 0.350. The lowest BCUT2D eigenvalue weighted by Crippen LogP contribution is -2.42. The molecule has 1 atom stereocenters. The number of fused-ring (bicyclic) bond motifs is 1. The van der Waals surface area contributed by atoms with Gasteiger partial charge in [0.15, 0.2) is 6.61 Å². The van der Waals surface area contributed by atoms with Crippen LogP contribution in [0, 0.1) is 0 Å². The van der Waals surface area contributed by atoms with E-state index < -0.39 is 6.10 Å². The van der Waals surface area contributed by atoms with Gasteiger partial charge in [0.2, 0.25) is 0 Å². The lowest BCUT2D eigenvalue weighted by molar-refractivity contribution is -0.123. The van der Waals surface area contributed by atoms with Crippen LogP contribution in [-0.2, 0) is 17.8 Å². The molecule has 144 valence electrons. The van der Waals surface area contributed by atoms with Gasteiger partial charge in [-0.2, -0.15) is 0 Å². The number of ether oxygens (including phenoxy) is 1. The van der Waals surface area contributed by atoms with Crippen molar-refractivity contribution >= 4 is 11.6 Å². The van der Waals surface area contributed by atoms with Crippen molar-refractivity contribution in [1.29, 1.82) is 0 Å². The SMILES string of the molecule is NNc1cccc(OCC(=O)NCC(O)CN2CCc3ccccc3C2)c1. The summed E-state index contributed by atoms with van der Waals surface area (Å²) in [5.74, 6) is 5.62. The number of benzene rings is 2. The van der Waals surface area contributed by atoms with Crippen LogP contribution < -0.4 is 21.3 Å². The first kappa shape index (κ1) is 19.2. The van der Waals surface area contributed by atoms with E-state index in [9.17, 15) is 9.90 Å². The molecule has 1 aliphatic rings. The Kier molecular flexibility index (Phi) is 6.64. The zero-order valence-electron chi connectivity index (χ0n) is 15.2. The first-order valence-corrected chi connectivity index (χ1v) is 9.07. The van der Waals surface area contributed by atoms with E-state index >= 15 is 0 Å². The van der Waals surface area contributed by atoms with Crippen molar-refractivity contribution in [3.8, 4) is 5.75 Å². The molecule has 2 aromatic carbocycles. The molecule has 27 heavy (non-hydrogen) atoms. The molecule has 5 N–H and O–H groups in total. The second kappa shape index (κ2) is 9.36. The van der Waals surface area contributed by atoms with Gasteiger partial charge in [0.1, 0.15) is 5.75 Å². The average Bonchev–Trinajstić information content (AvgIpc) is 2.71. The van der Waals surface area contributed by atoms with Crippen LogP contribution in [0.1, 0.15) is 11.1 Å². The monoisotopic (exact) mass is 370 g/mol. The summed E-state index contributed by atoms with van der Waals surface area (Å²) in [5.41, 5.74) is 5.91. The lowest BCUT2D eigenvalue weighted by atomic mass is 10.00. The molecule has 0 spiro atoms. The Bertz CT molecular complexity index is 768. The van der Waals surface area contributed by atoms with E-state index in [-0.39, 0.29) is 19.1 Å². The number of aliphatic hydroxyl groups excluding tert-OH is 1. The van der Waals surface area contributed by atoms with Crippen molar-refractivity contribution < 1.29 is 14.6 Å². The number of carbonyl (C=O) groups excluding carboxylic acids is 1. The molecule has 0 aliphatic carbocycles. The van der Waals surface area contributed by atoms with E-state index in [1.807, 2.05) is 6.07 Å². The number of hydrogen-bond donors (Lipinski definition) is 4. The van der Waals surface area contributed by atoms with E-state index in [2.05, 4.69) is 33.8 Å². The molecule has 0 aromatic heterocycles. The molecule has 0 radical (unpaired) electrons. The molecule has 7 heteroatoms. The summed E-state index contributed by atoms with van der Waals surface area (Å²) in [5, 5.41) is 12.9. The van der Waals surface area contributed by atoms with Gasteiger partial charge in [-0.25, -0.2) is 0 Å². The number of aliphatic hydroxyl groups is 1. The van der Waals surface area contributed by atoms with Crippen LogP contribution in [0.3, 0.4) is 0 Å². The molecule has 0 bridgehead atoms. The Hall–Kier alpha value is -2.61. The number of hydrogen-bond acceptors (Lipinski definition) is 6. The Morgan fingerprint density at radius 3 is 2.85 bits per heavy atom. The molecule has 1 amide bonds. The number of hydrazine groups is 1. The van der Waals surface area contributed by atoms with Crippen molar-refractivity contribution in [3.05, 3.63) is 59.7 Å². The van der Waals surface area contributed by atoms with Gasteiger partial charge in [-0.3, -0.25) is 15.5 Å². The Labute approximate surface area is 159 Å². The fourth-order valence-corrected chi connectivity index (χ4v) is 3.18. The number of amides is 1. The summed E-state index contributed by atoms with van der Waals surface area (Å²) < 4.78 is 5.43. The van der Waals surface area contributed by atoms with E-state index in [1.54, 1.807) is 24.3 Å². The van der Waals surface area contributed by atoms with Gasteiger partial charge in [-0.1, -0.05) is 30.3 Å². The first-order chi connectivity index (χ1) is 13.1. The van der Waals surface area contributed by atoms with Gasteiger partial charge in [-0.05, 0) is 29.7 Å². The summed E-state index contributed by atoms with van der Waals surface area (Å²) in [7, 11) is 0. The maximum absolute atomic E-state index is 11.9. The summed E-state index contributed by atoms with van der Waals surface area (Å²) in [6, 6.07) is 15.4. The molecule has 3 rings (SSSR count). The van der Waals surface area contributed by atoms with Gasteiger partial charge < -0.3 is 20.6 Å². The molecule has 7 nitrogen and oxygen atoms in total. The normalized spacial score (nSPS) is 14.9. The van der Waals surface area contributed by atoms with E-state index in [0.717, 1.165) is 19.5 Å². The fourth-order valence-electron chi connectivity index (χ4n) is 3.18. The minimum absolute atomic E-state index is 0.113. The average molecular weight is 370 g/mol. The van der Waals surface area contributed by atoms with Gasteiger partial charge in [0.25, 0.3) is 5.91 Å². The van der Waals surface area contributed by atoms with Crippen molar-refractivity contribution in [1.82, 2.24) is 10.2 Å². The van der Waals surface area contributed by atoms with Crippen LogP contribution in [-0.4, -0.2) is 48.3 Å². The number of nitrogens with zero attached hydrogens (tertiary/aromatic N) is 1. The van der Waals surface area contributed by atoms with Crippen LogP contribution in [0.5, 0.6) is 5.75 Å². The molecule has 0 saturated carbocycles. The van der Waals surface area contributed by atoms with Crippen molar-refractivity contribution in [2.75, 3.05) is 31.7 Å². The standard InChI is InChI=1S/C20H26N4O3/c21-23-17-6-3-7-19(10-17)27-14-20(26)22-11-18(25)13-24-9-8-15-4-1-2-5-16(15)12-24/h1-7,10,18,23,25H,8-9,11-14,21H2,(H,22,26). The van der Waals surface area contributed by atoms with Crippen molar-refractivity contribution in [2.45, 2.75) is 19.1 Å². The highest BCUT2D eigenvalue weighted by Crippen LogP contribution is 2.18. The van der Waals surface area contributed by atoms with E-state index in [1.165, 1.54) is 11.1 Å². The molecule has 2 aromatic rings. The van der Waals surface area contributed by atoms with Gasteiger partial charge >= 0.3 is 0 Å². The summed E-state index contributed by atoms with van der Waals surface area (Å²) >= 11 is 0. The quantitative estimate of drug-likeness (QED) is 0.407. The maximum atomic E-state index is 11.9. The first-order valence-electron chi connectivity index (χ1n) is 9.07. The van der Waals surface area contributed by atoms with Crippen LogP contribution in [0.15, 0.2) is 48.5 Å². The van der Waals surface area contributed by atoms with E-state index in [0.29, 0.717) is 18.0 Å². The van der Waals surface area contributed by atoms with Crippen LogP contribution in [0.25, 0.3) is 0 Å². The van der Waals surface area contributed by atoms with Crippen molar-refractivity contribution in [2.24, 2.45) is 5.84 Å². The Balaban J connectivity index is 1.37. The highest BCUT2D eigenvalue weighted by Gasteiger charge is 2.18. The minimum atomic E-state index is -0.621. The topological polar surface area (TPSA) is 99.8 Å². The predicted molar refractivity (Wildman–Crippen MR) is 104 cm³/mol. The predicted octanol–water partition coefficient (Wildman–Crippen LogP) is 0.886. The molecule has 1 heterocycles. The molecule has 1 unspecified atom stereocenters. The largest absolute Gasteiger partial charge is 0.484 e. The molecular formula is C20H26N4O3. The number of nitrogen functional groups attached to an aromatic ring is 1. The minimum Gasteiger partial charge on any atom is -0.484 e. The van der Waals surface area contributed by atoms with Crippen LogP contribution in [0.4, 0.5) is 5.69 Å². The third-order valence-electron chi connectivity index (χ3n) is 4.58. The Morgan fingerprint density at radius 1 is 1.22 bits per heavy atom. The van der Waals surface area contributed by atoms with Crippen LogP contribution in [0.2, 0.25) is 0 Å². The lowest BCUT2D eigenvalue weighted by Gasteiger charge is -2.30. The number of β-amino-alcohol motifs (C(OH)–C–C–N with tert-alkyl or cyclic N) is 1. The number of rotatable bonds is 8. The van der Waals surface area contributed by atoms with Gasteiger partial charge in [0, 0.05) is 32.2 Å².